The van der Waals surface area contributed by atoms with Crippen LogP contribution in [0.3, 0.4) is 0 Å². The average Bonchev–Trinajstić information content (AvgIpc) is 3.13. The van der Waals surface area contributed by atoms with E-state index in [4.69, 9.17) is 4.42 Å². The zero-order valence-corrected chi connectivity index (χ0v) is 17.9. The van der Waals surface area contributed by atoms with Crippen molar-refractivity contribution in [2.75, 3.05) is 0 Å². The molecule has 148 valence electrons. The molecule has 1 aliphatic carbocycles. The SMILES string of the molecule is Cc1ccc(-c2nnc(C(C)Sc3nnc(Cc4cccs4)n3C3CC3)o2)cc1. The molecule has 1 aliphatic rings. The van der Waals surface area contributed by atoms with E-state index >= 15 is 0 Å². The Balaban J connectivity index is 1.35. The first-order chi connectivity index (χ1) is 14.2. The third-order valence-corrected chi connectivity index (χ3v) is 6.85. The van der Waals surface area contributed by atoms with Gasteiger partial charge in [0.25, 0.3) is 0 Å². The van der Waals surface area contributed by atoms with Crippen molar-refractivity contribution >= 4 is 23.1 Å². The normalized spacial score (nSPS) is 15.0. The smallest absolute Gasteiger partial charge is 0.247 e. The van der Waals surface area contributed by atoms with Crippen molar-refractivity contribution in [3.8, 4) is 11.5 Å². The van der Waals surface area contributed by atoms with Gasteiger partial charge in [-0.05, 0) is 50.3 Å². The van der Waals surface area contributed by atoms with Crippen molar-refractivity contribution in [3.05, 3.63) is 63.9 Å². The van der Waals surface area contributed by atoms with E-state index in [1.54, 1.807) is 23.1 Å². The van der Waals surface area contributed by atoms with Gasteiger partial charge in [0.05, 0.1) is 5.25 Å². The third-order valence-electron chi connectivity index (χ3n) is 4.93. The summed E-state index contributed by atoms with van der Waals surface area (Å²) in [5, 5.41) is 20.5. The van der Waals surface area contributed by atoms with Gasteiger partial charge >= 0.3 is 0 Å². The lowest BCUT2D eigenvalue weighted by Crippen LogP contribution is -2.04. The Morgan fingerprint density at radius 2 is 1.97 bits per heavy atom. The largest absolute Gasteiger partial charge is 0.419 e. The molecule has 1 unspecified atom stereocenters. The lowest BCUT2D eigenvalue weighted by molar-refractivity contribution is 0.508. The van der Waals surface area contributed by atoms with Crippen LogP contribution in [0.4, 0.5) is 0 Å². The van der Waals surface area contributed by atoms with Gasteiger partial charge in [-0.15, -0.1) is 31.7 Å². The number of hydrogen-bond acceptors (Lipinski definition) is 7. The van der Waals surface area contributed by atoms with E-state index in [0.717, 1.165) is 23.0 Å². The summed E-state index contributed by atoms with van der Waals surface area (Å²) in [5.74, 6) is 2.20. The lowest BCUT2D eigenvalue weighted by Gasteiger charge is -2.10. The van der Waals surface area contributed by atoms with Crippen LogP contribution in [0, 0.1) is 6.92 Å². The number of thiophene rings is 1. The topological polar surface area (TPSA) is 69.6 Å². The van der Waals surface area contributed by atoms with Crippen molar-refractivity contribution in [3.63, 3.8) is 0 Å². The van der Waals surface area contributed by atoms with Gasteiger partial charge in [0.15, 0.2) is 5.16 Å². The Morgan fingerprint density at radius 1 is 1.14 bits per heavy atom. The minimum atomic E-state index is -0.00186. The Morgan fingerprint density at radius 3 is 2.69 bits per heavy atom. The Hall–Kier alpha value is -2.45. The number of benzene rings is 1. The average molecular weight is 424 g/mol. The second-order valence-electron chi connectivity index (χ2n) is 7.33. The number of hydrogen-bond donors (Lipinski definition) is 0. The fourth-order valence-electron chi connectivity index (χ4n) is 3.20. The van der Waals surface area contributed by atoms with E-state index in [2.05, 4.69) is 56.3 Å². The number of aryl methyl sites for hydroxylation is 1. The molecule has 3 aromatic heterocycles. The van der Waals surface area contributed by atoms with Crippen molar-refractivity contribution in [1.29, 1.82) is 0 Å². The molecule has 0 N–H and O–H groups in total. The van der Waals surface area contributed by atoms with Gasteiger partial charge in [-0.2, -0.15) is 0 Å². The molecule has 0 saturated heterocycles. The van der Waals surface area contributed by atoms with Crippen LogP contribution in [0.25, 0.3) is 11.5 Å². The predicted octanol–water partition coefficient (Wildman–Crippen LogP) is 5.48. The highest BCUT2D eigenvalue weighted by atomic mass is 32.2. The number of aromatic nitrogens is 5. The highest BCUT2D eigenvalue weighted by Gasteiger charge is 2.31. The highest BCUT2D eigenvalue weighted by Crippen LogP contribution is 2.42. The monoisotopic (exact) mass is 423 g/mol. The van der Waals surface area contributed by atoms with Crippen LogP contribution in [0.5, 0.6) is 0 Å². The van der Waals surface area contributed by atoms with E-state index in [-0.39, 0.29) is 5.25 Å². The lowest BCUT2D eigenvalue weighted by atomic mass is 10.1. The van der Waals surface area contributed by atoms with Gasteiger partial charge in [-0.3, -0.25) is 0 Å². The molecule has 1 saturated carbocycles. The standard InChI is InChI=1S/C21H21N5OS2/c1-13-5-7-15(8-6-13)20-24-23-19(27-20)14(2)29-21-25-22-18(26(21)16-9-10-16)12-17-4-3-11-28-17/h3-8,11,14,16H,9-10,12H2,1-2H3. The molecule has 0 aliphatic heterocycles. The Bertz CT molecular complexity index is 1100. The molecule has 1 fully saturated rings. The molecule has 0 amide bonds. The second-order valence-corrected chi connectivity index (χ2v) is 9.67. The number of nitrogens with zero attached hydrogens (tertiary/aromatic N) is 5. The van der Waals surface area contributed by atoms with Gasteiger partial charge < -0.3 is 8.98 Å². The van der Waals surface area contributed by atoms with Crippen LogP contribution < -0.4 is 0 Å². The zero-order valence-electron chi connectivity index (χ0n) is 16.3. The minimum Gasteiger partial charge on any atom is -0.419 e. The number of rotatable bonds is 7. The van der Waals surface area contributed by atoms with Crippen molar-refractivity contribution in [2.24, 2.45) is 0 Å². The molecule has 1 atom stereocenters. The van der Waals surface area contributed by atoms with Gasteiger partial charge in [0.1, 0.15) is 5.82 Å². The summed E-state index contributed by atoms with van der Waals surface area (Å²) in [5.41, 5.74) is 2.14. The fourth-order valence-corrected chi connectivity index (χ4v) is 4.87. The van der Waals surface area contributed by atoms with Crippen LogP contribution in [-0.2, 0) is 6.42 Å². The first-order valence-electron chi connectivity index (χ1n) is 9.70. The third kappa shape index (κ3) is 4.00. The van der Waals surface area contributed by atoms with Gasteiger partial charge in [-0.25, -0.2) is 0 Å². The van der Waals surface area contributed by atoms with E-state index in [1.165, 1.54) is 23.3 Å². The maximum absolute atomic E-state index is 5.95. The first kappa shape index (κ1) is 18.6. The number of thioether (sulfide) groups is 1. The summed E-state index contributed by atoms with van der Waals surface area (Å²) in [6.07, 6.45) is 3.21. The van der Waals surface area contributed by atoms with E-state index in [0.29, 0.717) is 17.8 Å². The first-order valence-corrected chi connectivity index (χ1v) is 11.5. The quantitative estimate of drug-likeness (QED) is 0.367. The zero-order chi connectivity index (χ0) is 19.8. The molecular weight excluding hydrogens is 402 g/mol. The summed E-state index contributed by atoms with van der Waals surface area (Å²) >= 11 is 3.39. The van der Waals surface area contributed by atoms with Gasteiger partial charge in [0, 0.05) is 22.9 Å². The van der Waals surface area contributed by atoms with Gasteiger partial charge in [0.2, 0.25) is 11.8 Å². The highest BCUT2D eigenvalue weighted by molar-refractivity contribution is 7.99. The molecule has 0 bridgehead atoms. The molecule has 4 aromatic rings. The molecule has 8 heteroatoms. The van der Waals surface area contributed by atoms with Crippen molar-refractivity contribution in [1.82, 2.24) is 25.0 Å². The van der Waals surface area contributed by atoms with Crippen molar-refractivity contribution in [2.45, 2.75) is 49.6 Å². The summed E-state index contributed by atoms with van der Waals surface area (Å²) in [6, 6.07) is 12.8. The molecule has 6 nitrogen and oxygen atoms in total. The molecule has 1 aromatic carbocycles. The Labute approximate surface area is 177 Å². The summed E-state index contributed by atoms with van der Waals surface area (Å²) < 4.78 is 8.26. The van der Waals surface area contributed by atoms with Crippen LogP contribution in [-0.4, -0.2) is 25.0 Å². The Kier molecular flexibility index (Phi) is 4.97. The maximum atomic E-state index is 5.95. The van der Waals surface area contributed by atoms with Crippen LogP contribution in [0.2, 0.25) is 0 Å². The second kappa shape index (κ2) is 7.76. The summed E-state index contributed by atoms with van der Waals surface area (Å²) in [4.78, 5) is 1.31. The molecule has 0 spiro atoms. The van der Waals surface area contributed by atoms with Crippen LogP contribution in [0.15, 0.2) is 51.4 Å². The van der Waals surface area contributed by atoms with Crippen LogP contribution >= 0.6 is 23.1 Å². The van der Waals surface area contributed by atoms with Crippen molar-refractivity contribution < 1.29 is 4.42 Å². The van der Waals surface area contributed by atoms with E-state index in [9.17, 15) is 0 Å². The maximum Gasteiger partial charge on any atom is 0.247 e. The molecule has 5 rings (SSSR count). The minimum absolute atomic E-state index is 0.00186. The predicted molar refractivity (Wildman–Crippen MR) is 114 cm³/mol. The summed E-state index contributed by atoms with van der Waals surface area (Å²) in [7, 11) is 0. The van der Waals surface area contributed by atoms with Gasteiger partial charge in [-0.1, -0.05) is 35.5 Å². The van der Waals surface area contributed by atoms with E-state index < -0.39 is 0 Å². The molecule has 0 radical (unpaired) electrons. The molecular formula is C21H21N5OS2. The fraction of sp³-hybridized carbons (Fsp3) is 0.333. The summed E-state index contributed by atoms with van der Waals surface area (Å²) in [6.45, 7) is 4.13. The van der Waals surface area contributed by atoms with Crippen LogP contribution in [0.1, 0.15) is 53.2 Å². The molecule has 29 heavy (non-hydrogen) atoms. The van der Waals surface area contributed by atoms with E-state index in [1.807, 2.05) is 24.3 Å². The molecule has 3 heterocycles.